The van der Waals surface area contributed by atoms with E-state index in [0.717, 1.165) is 24.1 Å². The summed E-state index contributed by atoms with van der Waals surface area (Å²) in [6.07, 6.45) is 2.82. The average Bonchev–Trinajstić information content (AvgIpc) is 2.64. The van der Waals surface area contributed by atoms with Gasteiger partial charge in [0.05, 0.1) is 18.8 Å². The first-order valence-electron chi connectivity index (χ1n) is 9.29. The predicted octanol–water partition coefficient (Wildman–Crippen LogP) is 4.53. The minimum Gasteiger partial charge on any atom is -0.471 e. The van der Waals surface area contributed by atoms with Gasteiger partial charge in [0, 0.05) is 19.3 Å². The summed E-state index contributed by atoms with van der Waals surface area (Å²) in [5.74, 6) is 0. The first kappa shape index (κ1) is 25.6. The van der Waals surface area contributed by atoms with Crippen molar-refractivity contribution in [1.29, 1.82) is 0 Å². The minimum atomic E-state index is -0.258. The van der Waals surface area contributed by atoms with E-state index in [0.29, 0.717) is 12.0 Å². The molecule has 5 heteroatoms. The van der Waals surface area contributed by atoms with Gasteiger partial charge in [-0.25, -0.2) is 0 Å². The van der Waals surface area contributed by atoms with Gasteiger partial charge >= 0.3 is 0 Å². The van der Waals surface area contributed by atoms with Crippen molar-refractivity contribution in [1.82, 2.24) is 4.90 Å². The van der Waals surface area contributed by atoms with Crippen molar-refractivity contribution in [2.45, 2.75) is 59.8 Å². The summed E-state index contributed by atoms with van der Waals surface area (Å²) < 4.78 is 9.90. The maximum Gasteiger partial charge on any atom is 0.292 e. The van der Waals surface area contributed by atoms with Crippen LogP contribution in [0.4, 0.5) is 0 Å². The number of carbonyl (C=O) groups excluding carboxylic acids is 2. The number of rotatable bonds is 8. The number of nitrogens with zero attached hydrogens (tertiary/aromatic N) is 1. The van der Waals surface area contributed by atoms with Crippen LogP contribution in [0.25, 0.3) is 0 Å². The Morgan fingerprint density at radius 2 is 1.68 bits per heavy atom. The van der Waals surface area contributed by atoms with Crippen molar-refractivity contribution in [2.75, 3.05) is 14.2 Å². The number of carbonyl (C=O) groups is 2. The van der Waals surface area contributed by atoms with Crippen molar-refractivity contribution in [3.05, 3.63) is 58.8 Å². The van der Waals surface area contributed by atoms with Crippen LogP contribution in [0.5, 0.6) is 0 Å². The predicted molar refractivity (Wildman–Crippen MR) is 114 cm³/mol. The van der Waals surface area contributed by atoms with E-state index < -0.39 is 0 Å². The Balaban J connectivity index is 0.00000165. The summed E-state index contributed by atoms with van der Waals surface area (Å²) in [5, 5.41) is 0. The van der Waals surface area contributed by atoms with Crippen molar-refractivity contribution >= 4 is 12.8 Å². The van der Waals surface area contributed by atoms with Gasteiger partial charge in [-0.2, -0.15) is 0 Å². The summed E-state index contributed by atoms with van der Waals surface area (Å²) in [4.78, 5) is 22.4. The number of hydrogen-bond donors (Lipinski definition) is 0. The molecule has 1 aromatic rings. The zero-order valence-corrected chi connectivity index (χ0v) is 18.5. The quantitative estimate of drug-likeness (QED) is 0.371. The molecule has 28 heavy (non-hydrogen) atoms. The molecule has 0 N–H and O–H groups in total. The molecule has 0 bridgehead atoms. The van der Waals surface area contributed by atoms with Gasteiger partial charge in [0.1, 0.15) is 6.29 Å². The molecule has 1 aromatic carbocycles. The molecule has 0 aliphatic carbocycles. The number of aldehydes is 1. The Labute approximate surface area is 170 Å². The molecule has 1 atom stereocenters. The minimum absolute atomic E-state index is 0.143. The second kappa shape index (κ2) is 12.9. The molecule has 156 valence electrons. The molecule has 0 aliphatic rings. The van der Waals surface area contributed by atoms with Gasteiger partial charge in [0.15, 0.2) is 0 Å². The van der Waals surface area contributed by atoms with Crippen molar-refractivity contribution in [3.63, 3.8) is 0 Å². The van der Waals surface area contributed by atoms with E-state index in [2.05, 4.69) is 41.8 Å². The zero-order valence-electron chi connectivity index (χ0n) is 18.5. The van der Waals surface area contributed by atoms with E-state index in [9.17, 15) is 4.79 Å². The van der Waals surface area contributed by atoms with E-state index in [1.807, 2.05) is 52.8 Å². The second-order valence-electron chi connectivity index (χ2n) is 7.59. The molecule has 0 saturated carbocycles. The molecule has 5 nitrogen and oxygen atoms in total. The van der Waals surface area contributed by atoms with Crippen LogP contribution in [0, 0.1) is 0 Å². The van der Waals surface area contributed by atoms with E-state index >= 15 is 0 Å². The maximum absolute atomic E-state index is 11.3. The number of methoxy groups -OCH3 is 1. The Morgan fingerprint density at radius 3 is 2.11 bits per heavy atom. The van der Waals surface area contributed by atoms with E-state index in [1.165, 1.54) is 12.7 Å². The summed E-state index contributed by atoms with van der Waals surface area (Å²) >= 11 is 0. The first-order valence-corrected chi connectivity index (χ1v) is 9.29. The highest BCUT2D eigenvalue weighted by Gasteiger charge is 2.19. The Morgan fingerprint density at radius 1 is 1.14 bits per heavy atom. The molecular formula is C23H35NO4. The van der Waals surface area contributed by atoms with Crippen LogP contribution in [0.15, 0.2) is 53.3 Å². The fourth-order valence-corrected chi connectivity index (χ4v) is 2.53. The molecule has 0 spiro atoms. The standard InChI is InChI=1S/C21H31NO2.C2H4O2/c1-16(15-23)20(18(3)24-21(4,5)6)13-17(2)22(7)14-19-11-9-8-10-12-19;1-4-2-3/h8-13,15,18H,14H2,1-7H3;2H,1H3/b17-13-,20-16+;. The molecule has 0 amide bonds. The normalized spacial score (nSPS) is 13.5. The van der Waals surface area contributed by atoms with E-state index in [4.69, 9.17) is 9.53 Å². The maximum atomic E-state index is 11.3. The summed E-state index contributed by atoms with van der Waals surface area (Å²) in [6.45, 7) is 13.2. The monoisotopic (exact) mass is 389 g/mol. The topological polar surface area (TPSA) is 55.8 Å². The SMILES string of the molecule is C/C(=C/C(=C(/C)C=O)C(C)OC(C)(C)C)N(C)Cc1ccccc1.COC=O. The Bertz CT molecular complexity index is 657. The van der Waals surface area contributed by atoms with Gasteiger partial charge in [-0.1, -0.05) is 30.3 Å². The first-order chi connectivity index (χ1) is 13.1. The lowest BCUT2D eigenvalue weighted by molar-refractivity contribution is -0.126. The van der Waals surface area contributed by atoms with E-state index in [1.54, 1.807) is 0 Å². The largest absolute Gasteiger partial charge is 0.471 e. The molecular weight excluding hydrogens is 354 g/mol. The lowest BCUT2D eigenvalue weighted by atomic mass is 10.0. The fourth-order valence-electron chi connectivity index (χ4n) is 2.53. The smallest absolute Gasteiger partial charge is 0.292 e. The van der Waals surface area contributed by atoms with Crippen LogP contribution in [-0.2, 0) is 25.6 Å². The third-order valence-corrected chi connectivity index (χ3v) is 3.93. The third kappa shape index (κ3) is 10.7. The highest BCUT2D eigenvalue weighted by molar-refractivity contribution is 5.75. The van der Waals surface area contributed by atoms with Gasteiger partial charge in [-0.3, -0.25) is 9.59 Å². The Hall–Kier alpha value is -2.40. The second-order valence-corrected chi connectivity index (χ2v) is 7.59. The van der Waals surface area contributed by atoms with E-state index in [-0.39, 0.29) is 11.7 Å². The van der Waals surface area contributed by atoms with Crippen LogP contribution < -0.4 is 0 Å². The highest BCUT2D eigenvalue weighted by atomic mass is 16.5. The summed E-state index contributed by atoms with van der Waals surface area (Å²) in [5.41, 5.74) is 3.73. The van der Waals surface area contributed by atoms with Gasteiger partial charge in [0.25, 0.3) is 6.47 Å². The lowest BCUT2D eigenvalue weighted by Gasteiger charge is -2.28. The molecule has 0 saturated heterocycles. The molecule has 0 radical (unpaired) electrons. The van der Waals surface area contributed by atoms with Crippen LogP contribution in [0.2, 0.25) is 0 Å². The third-order valence-electron chi connectivity index (χ3n) is 3.93. The van der Waals surface area contributed by atoms with Gasteiger partial charge in [-0.05, 0) is 64.3 Å². The molecule has 0 fully saturated rings. The van der Waals surface area contributed by atoms with Crippen LogP contribution in [0.3, 0.4) is 0 Å². The number of hydrogen-bond acceptors (Lipinski definition) is 5. The van der Waals surface area contributed by atoms with Gasteiger partial charge in [-0.15, -0.1) is 0 Å². The van der Waals surface area contributed by atoms with Crippen LogP contribution in [-0.4, -0.2) is 43.5 Å². The molecule has 0 heterocycles. The number of benzene rings is 1. The molecule has 0 aliphatic heterocycles. The van der Waals surface area contributed by atoms with Gasteiger partial charge < -0.3 is 14.4 Å². The van der Waals surface area contributed by atoms with Crippen molar-refractivity contribution in [3.8, 4) is 0 Å². The zero-order chi connectivity index (χ0) is 21.7. The van der Waals surface area contributed by atoms with Crippen molar-refractivity contribution in [2.24, 2.45) is 0 Å². The van der Waals surface area contributed by atoms with Crippen LogP contribution in [0.1, 0.15) is 47.1 Å². The highest BCUT2D eigenvalue weighted by Crippen LogP contribution is 2.21. The fraction of sp³-hybridized carbons (Fsp3) is 0.478. The van der Waals surface area contributed by atoms with Gasteiger partial charge in [0.2, 0.25) is 0 Å². The summed E-state index contributed by atoms with van der Waals surface area (Å²) in [6, 6.07) is 10.3. The summed E-state index contributed by atoms with van der Waals surface area (Å²) in [7, 11) is 3.37. The molecule has 1 rings (SSSR count). The van der Waals surface area contributed by atoms with Crippen molar-refractivity contribution < 1.29 is 19.1 Å². The molecule has 0 aromatic heterocycles. The molecule has 1 unspecified atom stereocenters. The number of allylic oxidation sites excluding steroid dienone is 2. The average molecular weight is 390 g/mol. The number of ether oxygens (including phenoxy) is 2. The lowest BCUT2D eigenvalue weighted by Crippen LogP contribution is -2.27. The van der Waals surface area contributed by atoms with Crippen LogP contribution >= 0.6 is 0 Å². The Kier molecular flexibility index (Phi) is 11.8.